The molecule has 0 spiro atoms. The lowest BCUT2D eigenvalue weighted by molar-refractivity contribution is 0.376. The van der Waals surface area contributed by atoms with E-state index in [0.717, 1.165) is 6.42 Å². The van der Waals surface area contributed by atoms with Gasteiger partial charge < -0.3 is 0 Å². The van der Waals surface area contributed by atoms with Crippen molar-refractivity contribution >= 4 is 0 Å². The van der Waals surface area contributed by atoms with Gasteiger partial charge in [0.05, 0.1) is 0 Å². The van der Waals surface area contributed by atoms with Crippen molar-refractivity contribution in [3.63, 3.8) is 0 Å². The normalized spacial score (nSPS) is 22.4. The highest BCUT2D eigenvalue weighted by molar-refractivity contribution is 5.33. The van der Waals surface area contributed by atoms with Gasteiger partial charge in [-0.25, -0.2) is 0 Å². The Morgan fingerprint density at radius 1 is 1.25 bits per heavy atom. The van der Waals surface area contributed by atoms with E-state index in [2.05, 4.69) is 65.5 Å². The maximum atomic E-state index is 3.83. The van der Waals surface area contributed by atoms with Gasteiger partial charge in [-0.1, -0.05) is 63.6 Å². The molecule has 0 aliphatic heterocycles. The van der Waals surface area contributed by atoms with Crippen LogP contribution in [-0.4, -0.2) is 0 Å². The second kappa shape index (κ2) is 7.67. The number of hydrogen-bond donors (Lipinski definition) is 0. The van der Waals surface area contributed by atoms with Crippen LogP contribution in [0.5, 0.6) is 0 Å². The van der Waals surface area contributed by atoms with Crippen LogP contribution in [0.25, 0.3) is 0 Å². The lowest BCUT2D eigenvalue weighted by atomic mass is 9.72. The van der Waals surface area contributed by atoms with Crippen molar-refractivity contribution in [2.75, 3.05) is 0 Å². The zero-order valence-electron chi connectivity index (χ0n) is 14.1. The molecule has 0 radical (unpaired) electrons. The molecule has 112 valence electrons. The van der Waals surface area contributed by atoms with Crippen molar-refractivity contribution in [1.29, 1.82) is 0 Å². The van der Waals surface area contributed by atoms with Crippen molar-refractivity contribution in [2.45, 2.75) is 60.3 Å². The zero-order chi connectivity index (χ0) is 15.2. The van der Waals surface area contributed by atoms with Crippen LogP contribution in [0.15, 0.2) is 48.1 Å². The molecule has 0 bridgehead atoms. The quantitative estimate of drug-likeness (QED) is 0.486. The summed E-state index contributed by atoms with van der Waals surface area (Å²) in [5.74, 6) is 1.08. The SMILES string of the molecule is C=CC(C)C/C=C/C(C)/C=C/C1=C(C)CCCC1(C)C. The Morgan fingerprint density at radius 3 is 2.55 bits per heavy atom. The smallest absolute Gasteiger partial charge is 0.00787 e. The highest BCUT2D eigenvalue weighted by Gasteiger charge is 2.26. The van der Waals surface area contributed by atoms with Crippen LogP contribution >= 0.6 is 0 Å². The molecule has 0 N–H and O–H groups in total. The summed E-state index contributed by atoms with van der Waals surface area (Å²) >= 11 is 0. The highest BCUT2D eigenvalue weighted by Crippen LogP contribution is 2.40. The highest BCUT2D eigenvalue weighted by atomic mass is 14.3. The van der Waals surface area contributed by atoms with E-state index in [1.165, 1.54) is 19.3 Å². The molecule has 20 heavy (non-hydrogen) atoms. The van der Waals surface area contributed by atoms with Crippen molar-refractivity contribution < 1.29 is 0 Å². The summed E-state index contributed by atoms with van der Waals surface area (Å²) in [5, 5.41) is 0. The van der Waals surface area contributed by atoms with E-state index in [9.17, 15) is 0 Å². The second-order valence-electron chi connectivity index (χ2n) is 7.03. The van der Waals surface area contributed by atoms with Crippen LogP contribution < -0.4 is 0 Å². The average Bonchev–Trinajstić information content (AvgIpc) is 2.37. The minimum absolute atomic E-state index is 0.347. The van der Waals surface area contributed by atoms with Crippen LogP contribution in [0.3, 0.4) is 0 Å². The summed E-state index contributed by atoms with van der Waals surface area (Å²) in [7, 11) is 0. The molecule has 0 heteroatoms. The number of rotatable bonds is 6. The molecule has 1 rings (SSSR count). The van der Waals surface area contributed by atoms with Crippen molar-refractivity contribution in [3.8, 4) is 0 Å². The summed E-state index contributed by atoms with van der Waals surface area (Å²) in [6.45, 7) is 15.3. The van der Waals surface area contributed by atoms with Gasteiger partial charge in [-0.05, 0) is 55.4 Å². The molecular formula is C20H32. The van der Waals surface area contributed by atoms with Gasteiger partial charge in [0.1, 0.15) is 0 Å². The first-order valence-electron chi connectivity index (χ1n) is 8.04. The molecule has 2 atom stereocenters. The van der Waals surface area contributed by atoms with E-state index >= 15 is 0 Å². The summed E-state index contributed by atoms with van der Waals surface area (Å²) in [6, 6.07) is 0. The molecule has 0 nitrogen and oxygen atoms in total. The molecule has 0 amide bonds. The third-order valence-corrected chi connectivity index (χ3v) is 4.46. The fraction of sp³-hybridized carbons (Fsp3) is 0.600. The Hall–Kier alpha value is -1.04. The maximum Gasteiger partial charge on any atom is -0.00787 e. The maximum absolute atomic E-state index is 3.83. The molecule has 0 saturated heterocycles. The van der Waals surface area contributed by atoms with Gasteiger partial charge in [0.2, 0.25) is 0 Å². The molecule has 0 heterocycles. The monoisotopic (exact) mass is 272 g/mol. The molecule has 1 aliphatic carbocycles. The lowest BCUT2D eigenvalue weighted by Gasteiger charge is -2.33. The fourth-order valence-electron chi connectivity index (χ4n) is 2.93. The second-order valence-corrected chi connectivity index (χ2v) is 7.03. The lowest BCUT2D eigenvalue weighted by Crippen LogP contribution is -2.19. The zero-order valence-corrected chi connectivity index (χ0v) is 14.1. The van der Waals surface area contributed by atoms with Crippen LogP contribution in [0, 0.1) is 17.3 Å². The summed E-state index contributed by atoms with van der Waals surface area (Å²) in [6.07, 6.45) is 16.3. The molecule has 1 aliphatic rings. The predicted molar refractivity (Wildman–Crippen MR) is 91.8 cm³/mol. The molecule has 0 aromatic heterocycles. The van der Waals surface area contributed by atoms with E-state index < -0.39 is 0 Å². The van der Waals surface area contributed by atoms with Crippen LogP contribution in [0.4, 0.5) is 0 Å². The van der Waals surface area contributed by atoms with Gasteiger partial charge >= 0.3 is 0 Å². The summed E-state index contributed by atoms with van der Waals surface area (Å²) < 4.78 is 0. The Labute approximate surface area is 126 Å². The topological polar surface area (TPSA) is 0 Å². The van der Waals surface area contributed by atoms with Gasteiger partial charge in [0, 0.05) is 0 Å². The third kappa shape index (κ3) is 5.15. The first kappa shape index (κ1) is 17.0. The molecule has 0 aromatic rings. The van der Waals surface area contributed by atoms with E-state index in [1.54, 1.807) is 11.1 Å². The predicted octanol–water partition coefficient (Wildman–Crippen LogP) is 6.47. The number of allylic oxidation sites excluding steroid dienone is 7. The average molecular weight is 272 g/mol. The van der Waals surface area contributed by atoms with Gasteiger partial charge in [0.25, 0.3) is 0 Å². The van der Waals surface area contributed by atoms with Crippen molar-refractivity contribution in [1.82, 2.24) is 0 Å². The molecule has 0 aromatic carbocycles. The molecular weight excluding hydrogens is 240 g/mol. The first-order valence-corrected chi connectivity index (χ1v) is 8.04. The van der Waals surface area contributed by atoms with Crippen LogP contribution in [0.2, 0.25) is 0 Å². The van der Waals surface area contributed by atoms with E-state index in [1.807, 2.05) is 6.08 Å². The van der Waals surface area contributed by atoms with Gasteiger partial charge in [-0.2, -0.15) is 0 Å². The standard InChI is InChI=1S/C20H32/c1-7-16(2)10-8-11-17(3)13-14-19-18(4)12-9-15-20(19,5)6/h7-8,11,13-14,16-17H,1,9-10,12,15H2,2-6H3/b11-8+,14-13+. The largest absolute Gasteiger partial charge is 0.103 e. The minimum atomic E-state index is 0.347. The molecule has 0 fully saturated rings. The van der Waals surface area contributed by atoms with Gasteiger partial charge in [-0.3, -0.25) is 0 Å². The minimum Gasteiger partial charge on any atom is -0.103 e. The molecule has 2 unspecified atom stereocenters. The summed E-state index contributed by atoms with van der Waals surface area (Å²) in [4.78, 5) is 0. The summed E-state index contributed by atoms with van der Waals surface area (Å²) in [5.41, 5.74) is 3.48. The Morgan fingerprint density at radius 2 is 1.95 bits per heavy atom. The van der Waals surface area contributed by atoms with E-state index in [4.69, 9.17) is 0 Å². The van der Waals surface area contributed by atoms with E-state index in [0.29, 0.717) is 17.3 Å². The first-order chi connectivity index (χ1) is 9.36. The van der Waals surface area contributed by atoms with Crippen molar-refractivity contribution in [3.05, 3.63) is 48.1 Å². The number of hydrogen-bond acceptors (Lipinski definition) is 0. The Kier molecular flexibility index (Phi) is 6.52. The van der Waals surface area contributed by atoms with Gasteiger partial charge in [0.15, 0.2) is 0 Å². The Balaban J connectivity index is 2.64. The van der Waals surface area contributed by atoms with Crippen LogP contribution in [0.1, 0.15) is 60.3 Å². The van der Waals surface area contributed by atoms with Crippen LogP contribution in [-0.2, 0) is 0 Å². The van der Waals surface area contributed by atoms with Crippen molar-refractivity contribution in [2.24, 2.45) is 17.3 Å². The molecule has 0 saturated carbocycles. The fourth-order valence-corrected chi connectivity index (χ4v) is 2.93. The van der Waals surface area contributed by atoms with E-state index in [-0.39, 0.29) is 0 Å². The third-order valence-electron chi connectivity index (χ3n) is 4.46. The van der Waals surface area contributed by atoms with Gasteiger partial charge in [-0.15, -0.1) is 6.58 Å². The Bertz CT molecular complexity index is 404.